The quantitative estimate of drug-likeness (QED) is 0.402. The van der Waals surface area contributed by atoms with Gasteiger partial charge < -0.3 is 0 Å². The lowest BCUT2D eigenvalue weighted by molar-refractivity contribution is 0.792. The fourth-order valence-electron chi connectivity index (χ4n) is 0.222. The van der Waals surface area contributed by atoms with Crippen molar-refractivity contribution in [2.45, 2.75) is 0 Å². The first-order valence-corrected chi connectivity index (χ1v) is 1.82. The SMILES string of the molecule is O=c1[c]cnnnn1. The zero-order chi connectivity index (χ0) is 5.82. The Kier molecular flexibility index (Phi) is 1.23. The summed E-state index contributed by atoms with van der Waals surface area (Å²) in [6.45, 7) is 0. The Morgan fingerprint density at radius 3 is 3.25 bits per heavy atom. The zero-order valence-corrected chi connectivity index (χ0v) is 3.77. The number of aromatic nitrogens is 4. The Bertz CT molecular complexity index is 202. The van der Waals surface area contributed by atoms with E-state index >= 15 is 0 Å². The maximum Gasteiger partial charge on any atom is 0.299 e. The van der Waals surface area contributed by atoms with E-state index in [4.69, 9.17) is 0 Å². The average molecular weight is 109 g/mol. The van der Waals surface area contributed by atoms with Crippen LogP contribution in [-0.4, -0.2) is 20.6 Å². The monoisotopic (exact) mass is 109 g/mol. The predicted octanol–water partition coefficient (Wildman–Crippen LogP) is -1.57. The van der Waals surface area contributed by atoms with E-state index < -0.39 is 5.56 Å². The number of hydrogen-bond acceptors (Lipinski definition) is 5. The number of hydrogen-bond donors (Lipinski definition) is 0. The van der Waals surface area contributed by atoms with Crippen molar-refractivity contribution in [2.24, 2.45) is 0 Å². The Morgan fingerprint density at radius 2 is 2.38 bits per heavy atom. The number of rotatable bonds is 0. The van der Waals surface area contributed by atoms with Crippen molar-refractivity contribution < 1.29 is 0 Å². The molecule has 1 radical (unpaired) electrons. The molecule has 0 unspecified atom stereocenters. The lowest BCUT2D eigenvalue weighted by atomic mass is 10.7. The van der Waals surface area contributed by atoms with Gasteiger partial charge in [0.15, 0.2) is 0 Å². The van der Waals surface area contributed by atoms with Crippen LogP contribution in [0.3, 0.4) is 0 Å². The summed E-state index contributed by atoms with van der Waals surface area (Å²) in [5, 5.41) is 12.3. The smallest absolute Gasteiger partial charge is 0.265 e. The highest BCUT2D eigenvalue weighted by Crippen LogP contribution is 1.48. The first-order valence-electron chi connectivity index (χ1n) is 1.82. The van der Waals surface area contributed by atoms with Crippen molar-refractivity contribution in [1.82, 2.24) is 20.6 Å². The molecular weight excluding hydrogens is 108 g/mol. The molecule has 5 nitrogen and oxygen atoms in total. The van der Waals surface area contributed by atoms with Crippen molar-refractivity contribution in [3.63, 3.8) is 0 Å². The van der Waals surface area contributed by atoms with Gasteiger partial charge in [0.2, 0.25) is 0 Å². The lowest BCUT2D eigenvalue weighted by Gasteiger charge is -1.53. The van der Waals surface area contributed by atoms with Crippen LogP contribution in [0.1, 0.15) is 0 Å². The molecule has 0 N–H and O–H groups in total. The highest BCUT2D eigenvalue weighted by molar-refractivity contribution is 4.67. The summed E-state index contributed by atoms with van der Waals surface area (Å²) in [5.74, 6) is 0. The molecule has 0 bridgehead atoms. The minimum atomic E-state index is -0.560. The van der Waals surface area contributed by atoms with E-state index in [-0.39, 0.29) is 0 Å². The van der Waals surface area contributed by atoms with Crippen LogP contribution in [0.15, 0.2) is 11.0 Å². The predicted molar refractivity (Wildman–Crippen MR) is 22.7 cm³/mol. The highest BCUT2D eigenvalue weighted by atomic mass is 16.1. The van der Waals surface area contributed by atoms with Gasteiger partial charge in [-0.15, -0.1) is 5.10 Å². The standard InChI is InChI=1S/C3HN4O/c8-3-1-2-4-6-7-5-3/h2H. The van der Waals surface area contributed by atoms with Gasteiger partial charge >= 0.3 is 0 Å². The van der Waals surface area contributed by atoms with E-state index in [2.05, 4.69) is 26.7 Å². The maximum absolute atomic E-state index is 10.2. The molecule has 0 aliphatic rings. The molecule has 5 heteroatoms. The summed E-state index contributed by atoms with van der Waals surface area (Å²) >= 11 is 0. The van der Waals surface area contributed by atoms with Gasteiger partial charge in [-0.25, -0.2) is 0 Å². The van der Waals surface area contributed by atoms with Crippen molar-refractivity contribution >= 4 is 0 Å². The van der Waals surface area contributed by atoms with Crippen LogP contribution in [0.2, 0.25) is 0 Å². The Hall–Kier alpha value is -1.39. The molecule has 0 aliphatic heterocycles. The van der Waals surface area contributed by atoms with Gasteiger partial charge in [-0.05, 0) is 10.4 Å². The molecule has 0 amide bonds. The Balaban J connectivity index is 3.32. The molecule has 0 atom stereocenters. The zero-order valence-electron chi connectivity index (χ0n) is 3.77. The third-order valence-electron chi connectivity index (χ3n) is 0.473. The van der Waals surface area contributed by atoms with Crippen LogP contribution in [0.5, 0.6) is 0 Å². The van der Waals surface area contributed by atoms with Crippen LogP contribution in [0.4, 0.5) is 0 Å². The minimum Gasteiger partial charge on any atom is -0.265 e. The van der Waals surface area contributed by atoms with Gasteiger partial charge in [0.1, 0.15) is 0 Å². The van der Waals surface area contributed by atoms with Crippen molar-refractivity contribution in [2.75, 3.05) is 0 Å². The fraction of sp³-hybridized carbons (Fsp3) is 0. The average Bonchev–Trinajstić information content (AvgIpc) is 1.94. The first-order chi connectivity index (χ1) is 3.89. The second-order valence-electron chi connectivity index (χ2n) is 0.973. The Labute approximate surface area is 44.4 Å². The van der Waals surface area contributed by atoms with Gasteiger partial charge in [0.25, 0.3) is 5.56 Å². The van der Waals surface area contributed by atoms with Gasteiger partial charge in [-0.1, -0.05) is 5.10 Å². The third kappa shape index (κ3) is 1.04. The van der Waals surface area contributed by atoms with Gasteiger partial charge in [-0.3, -0.25) is 4.79 Å². The van der Waals surface area contributed by atoms with E-state index in [0.29, 0.717) is 0 Å². The maximum atomic E-state index is 10.2. The molecule has 0 fully saturated rings. The van der Waals surface area contributed by atoms with E-state index in [1.54, 1.807) is 0 Å². The molecule has 0 saturated carbocycles. The molecule has 0 aliphatic carbocycles. The van der Waals surface area contributed by atoms with Crippen LogP contribution in [0, 0.1) is 6.07 Å². The van der Waals surface area contributed by atoms with E-state index in [0.717, 1.165) is 6.20 Å². The molecular formula is C3HN4O. The van der Waals surface area contributed by atoms with E-state index in [1.807, 2.05) is 0 Å². The molecule has 39 valence electrons. The van der Waals surface area contributed by atoms with Gasteiger partial charge in [0, 0.05) is 0 Å². The second-order valence-corrected chi connectivity index (χ2v) is 0.973. The summed E-state index contributed by atoms with van der Waals surface area (Å²) < 4.78 is 0. The molecule has 0 aromatic carbocycles. The summed E-state index contributed by atoms with van der Waals surface area (Å²) in [4.78, 5) is 10.2. The van der Waals surface area contributed by atoms with Crippen molar-refractivity contribution in [3.8, 4) is 0 Å². The molecule has 8 heavy (non-hydrogen) atoms. The molecule has 1 aromatic heterocycles. The summed E-state index contributed by atoms with van der Waals surface area (Å²) in [7, 11) is 0. The summed E-state index contributed by atoms with van der Waals surface area (Å²) in [5.41, 5.74) is -0.560. The normalized spacial score (nSPS) is 8.50. The second kappa shape index (κ2) is 2.06. The molecule has 0 saturated heterocycles. The van der Waals surface area contributed by atoms with E-state index in [9.17, 15) is 4.79 Å². The summed E-state index contributed by atoms with van der Waals surface area (Å²) in [6, 6.07) is 2.16. The molecule has 0 spiro atoms. The highest BCUT2D eigenvalue weighted by Gasteiger charge is 1.75. The van der Waals surface area contributed by atoms with Crippen LogP contribution in [-0.2, 0) is 0 Å². The lowest BCUT2D eigenvalue weighted by Crippen LogP contribution is -2.00. The van der Waals surface area contributed by atoms with Crippen molar-refractivity contribution in [1.29, 1.82) is 0 Å². The molecule has 1 heterocycles. The number of nitrogens with zero attached hydrogens (tertiary/aromatic N) is 4. The topological polar surface area (TPSA) is 68.6 Å². The van der Waals surface area contributed by atoms with Gasteiger partial charge in [-0.2, -0.15) is 0 Å². The molecule has 1 aromatic rings. The van der Waals surface area contributed by atoms with Crippen molar-refractivity contribution in [3.05, 3.63) is 22.6 Å². The van der Waals surface area contributed by atoms with E-state index in [1.165, 1.54) is 0 Å². The van der Waals surface area contributed by atoms with Gasteiger partial charge in [0.05, 0.1) is 12.3 Å². The third-order valence-corrected chi connectivity index (χ3v) is 0.473. The van der Waals surface area contributed by atoms with Crippen LogP contribution < -0.4 is 5.56 Å². The van der Waals surface area contributed by atoms with Crippen LogP contribution >= 0.6 is 0 Å². The Morgan fingerprint density at radius 1 is 1.50 bits per heavy atom. The largest absolute Gasteiger partial charge is 0.299 e. The van der Waals surface area contributed by atoms with Crippen LogP contribution in [0.25, 0.3) is 0 Å². The first kappa shape index (κ1) is 4.76. The summed E-state index contributed by atoms with van der Waals surface area (Å²) in [6.07, 6.45) is 1.11. The fourth-order valence-corrected chi connectivity index (χ4v) is 0.222. The minimum absolute atomic E-state index is 0.560. The molecule has 1 rings (SSSR count).